The van der Waals surface area contributed by atoms with E-state index in [1.165, 1.54) is 19.3 Å². The molecule has 0 radical (unpaired) electrons. The molecule has 1 aliphatic carbocycles. The largest absolute Gasteiger partial charge is 0.393 e. The SMILES string of the molecule is C=CCCNCC1CCCCC1O. The third-order valence-electron chi connectivity index (χ3n) is 2.80. The normalized spacial score (nSPS) is 28.7. The van der Waals surface area contributed by atoms with Crippen LogP contribution < -0.4 is 5.32 Å². The molecule has 2 nitrogen and oxygen atoms in total. The van der Waals surface area contributed by atoms with Gasteiger partial charge in [0.15, 0.2) is 0 Å². The zero-order valence-electron chi connectivity index (χ0n) is 8.34. The fraction of sp³-hybridized carbons (Fsp3) is 0.818. The Balaban J connectivity index is 2.08. The van der Waals surface area contributed by atoms with Crippen LogP contribution in [0.3, 0.4) is 0 Å². The molecule has 2 heteroatoms. The van der Waals surface area contributed by atoms with Crippen LogP contribution in [0.15, 0.2) is 12.7 Å². The average molecular weight is 183 g/mol. The quantitative estimate of drug-likeness (QED) is 0.502. The number of hydrogen-bond acceptors (Lipinski definition) is 2. The van der Waals surface area contributed by atoms with Gasteiger partial charge in [-0.2, -0.15) is 0 Å². The molecule has 0 aromatic heterocycles. The number of rotatable bonds is 5. The first-order valence-electron chi connectivity index (χ1n) is 5.34. The molecular weight excluding hydrogens is 162 g/mol. The number of aliphatic hydroxyl groups excluding tert-OH is 1. The predicted molar refractivity (Wildman–Crippen MR) is 55.6 cm³/mol. The molecule has 1 saturated carbocycles. The molecule has 0 amide bonds. The Morgan fingerprint density at radius 2 is 2.15 bits per heavy atom. The molecule has 0 aliphatic heterocycles. The molecule has 0 bridgehead atoms. The third-order valence-corrected chi connectivity index (χ3v) is 2.80. The monoisotopic (exact) mass is 183 g/mol. The summed E-state index contributed by atoms with van der Waals surface area (Å²) in [6.07, 6.45) is 7.53. The van der Waals surface area contributed by atoms with E-state index in [2.05, 4.69) is 11.9 Å². The van der Waals surface area contributed by atoms with Gasteiger partial charge in [-0.1, -0.05) is 18.9 Å². The summed E-state index contributed by atoms with van der Waals surface area (Å²) in [5, 5.41) is 13.0. The Morgan fingerprint density at radius 1 is 1.38 bits per heavy atom. The van der Waals surface area contributed by atoms with Crippen LogP contribution >= 0.6 is 0 Å². The van der Waals surface area contributed by atoms with Gasteiger partial charge in [-0.25, -0.2) is 0 Å². The average Bonchev–Trinajstić information content (AvgIpc) is 2.15. The molecule has 0 saturated heterocycles. The van der Waals surface area contributed by atoms with Gasteiger partial charge < -0.3 is 10.4 Å². The lowest BCUT2D eigenvalue weighted by molar-refractivity contribution is 0.0698. The Hall–Kier alpha value is -0.340. The summed E-state index contributed by atoms with van der Waals surface area (Å²) in [5.41, 5.74) is 0. The highest BCUT2D eigenvalue weighted by molar-refractivity contribution is 4.76. The first kappa shape index (κ1) is 10.7. The first-order valence-corrected chi connectivity index (χ1v) is 5.34. The van der Waals surface area contributed by atoms with Crippen LogP contribution in [0.5, 0.6) is 0 Å². The highest BCUT2D eigenvalue weighted by atomic mass is 16.3. The second-order valence-corrected chi connectivity index (χ2v) is 3.89. The van der Waals surface area contributed by atoms with Gasteiger partial charge in [-0.15, -0.1) is 6.58 Å². The lowest BCUT2D eigenvalue weighted by Crippen LogP contribution is -2.34. The maximum atomic E-state index is 9.67. The number of nitrogens with one attached hydrogen (secondary N) is 1. The van der Waals surface area contributed by atoms with Crippen molar-refractivity contribution in [1.82, 2.24) is 5.32 Å². The topological polar surface area (TPSA) is 32.3 Å². The van der Waals surface area contributed by atoms with Crippen molar-refractivity contribution in [3.05, 3.63) is 12.7 Å². The van der Waals surface area contributed by atoms with Gasteiger partial charge in [0.2, 0.25) is 0 Å². The molecule has 1 aliphatic rings. The van der Waals surface area contributed by atoms with Crippen molar-refractivity contribution in [2.24, 2.45) is 5.92 Å². The Bertz CT molecular complexity index is 147. The van der Waals surface area contributed by atoms with Gasteiger partial charge >= 0.3 is 0 Å². The molecule has 2 unspecified atom stereocenters. The second kappa shape index (κ2) is 6.17. The van der Waals surface area contributed by atoms with Crippen LogP contribution in [0.2, 0.25) is 0 Å². The van der Waals surface area contributed by atoms with Gasteiger partial charge in [0.25, 0.3) is 0 Å². The smallest absolute Gasteiger partial charge is 0.0580 e. The Kier molecular flexibility index (Phi) is 5.09. The molecule has 0 aromatic carbocycles. The summed E-state index contributed by atoms with van der Waals surface area (Å²) in [6.45, 7) is 5.63. The minimum absolute atomic E-state index is 0.0648. The van der Waals surface area contributed by atoms with Crippen LogP contribution in [0.4, 0.5) is 0 Å². The van der Waals surface area contributed by atoms with Crippen LogP contribution in [0.25, 0.3) is 0 Å². The number of hydrogen-bond donors (Lipinski definition) is 2. The fourth-order valence-corrected chi connectivity index (χ4v) is 1.92. The van der Waals surface area contributed by atoms with Crippen molar-refractivity contribution in [3.8, 4) is 0 Å². The molecule has 0 aromatic rings. The standard InChI is InChI=1S/C11H21NO/c1-2-3-8-12-9-10-6-4-5-7-11(10)13/h2,10-13H,1,3-9H2. The van der Waals surface area contributed by atoms with E-state index in [-0.39, 0.29) is 6.10 Å². The lowest BCUT2D eigenvalue weighted by atomic mass is 9.86. The van der Waals surface area contributed by atoms with Crippen LogP contribution in [0, 0.1) is 5.92 Å². The van der Waals surface area contributed by atoms with E-state index in [9.17, 15) is 5.11 Å². The molecule has 1 rings (SSSR count). The van der Waals surface area contributed by atoms with E-state index in [0.29, 0.717) is 5.92 Å². The molecule has 0 spiro atoms. The van der Waals surface area contributed by atoms with Crippen molar-refractivity contribution in [2.45, 2.75) is 38.2 Å². The molecule has 76 valence electrons. The maximum absolute atomic E-state index is 9.67. The van der Waals surface area contributed by atoms with E-state index >= 15 is 0 Å². The zero-order chi connectivity index (χ0) is 9.52. The molecule has 0 heterocycles. The first-order chi connectivity index (χ1) is 6.34. The van der Waals surface area contributed by atoms with E-state index in [4.69, 9.17) is 0 Å². The van der Waals surface area contributed by atoms with Gasteiger partial charge in [0.05, 0.1) is 6.10 Å². The molecule has 1 fully saturated rings. The minimum atomic E-state index is -0.0648. The van der Waals surface area contributed by atoms with E-state index in [1.54, 1.807) is 0 Å². The van der Waals surface area contributed by atoms with Gasteiger partial charge in [0.1, 0.15) is 0 Å². The highest BCUT2D eigenvalue weighted by Gasteiger charge is 2.21. The van der Waals surface area contributed by atoms with Crippen LogP contribution in [-0.2, 0) is 0 Å². The highest BCUT2D eigenvalue weighted by Crippen LogP contribution is 2.23. The molecule has 13 heavy (non-hydrogen) atoms. The van der Waals surface area contributed by atoms with E-state index in [1.807, 2.05) is 6.08 Å². The maximum Gasteiger partial charge on any atom is 0.0580 e. The van der Waals surface area contributed by atoms with Crippen molar-refractivity contribution in [3.63, 3.8) is 0 Å². The van der Waals surface area contributed by atoms with Gasteiger partial charge in [-0.3, -0.25) is 0 Å². The predicted octanol–water partition coefficient (Wildman–Crippen LogP) is 1.70. The lowest BCUT2D eigenvalue weighted by Gasteiger charge is -2.27. The molecular formula is C11H21NO. The third kappa shape index (κ3) is 3.92. The zero-order valence-corrected chi connectivity index (χ0v) is 8.34. The van der Waals surface area contributed by atoms with E-state index < -0.39 is 0 Å². The molecule has 2 atom stereocenters. The van der Waals surface area contributed by atoms with Crippen molar-refractivity contribution >= 4 is 0 Å². The fourth-order valence-electron chi connectivity index (χ4n) is 1.92. The van der Waals surface area contributed by atoms with Crippen molar-refractivity contribution < 1.29 is 5.11 Å². The van der Waals surface area contributed by atoms with Crippen molar-refractivity contribution in [2.75, 3.05) is 13.1 Å². The second-order valence-electron chi connectivity index (χ2n) is 3.89. The van der Waals surface area contributed by atoms with Crippen LogP contribution in [0.1, 0.15) is 32.1 Å². The summed E-state index contributed by atoms with van der Waals surface area (Å²) in [5.74, 6) is 0.485. The summed E-state index contributed by atoms with van der Waals surface area (Å²) >= 11 is 0. The number of aliphatic hydroxyl groups is 1. The summed E-state index contributed by atoms with van der Waals surface area (Å²) in [6, 6.07) is 0. The van der Waals surface area contributed by atoms with Crippen LogP contribution in [-0.4, -0.2) is 24.3 Å². The summed E-state index contributed by atoms with van der Waals surface area (Å²) in [4.78, 5) is 0. The van der Waals surface area contributed by atoms with Gasteiger partial charge in [-0.05, 0) is 31.7 Å². The minimum Gasteiger partial charge on any atom is -0.393 e. The summed E-state index contributed by atoms with van der Waals surface area (Å²) in [7, 11) is 0. The summed E-state index contributed by atoms with van der Waals surface area (Å²) < 4.78 is 0. The van der Waals surface area contributed by atoms with Crippen molar-refractivity contribution in [1.29, 1.82) is 0 Å². The Morgan fingerprint density at radius 3 is 2.85 bits per heavy atom. The molecule has 2 N–H and O–H groups in total. The van der Waals surface area contributed by atoms with Gasteiger partial charge in [0, 0.05) is 6.54 Å². The van der Waals surface area contributed by atoms with E-state index in [0.717, 1.165) is 25.9 Å². The Labute approximate surface area is 81.0 Å².